The Hall–Kier alpha value is -2.39. The van der Waals surface area contributed by atoms with E-state index in [1.165, 1.54) is 28.6 Å². The largest absolute Gasteiger partial charge is 0.273 e. The Morgan fingerprint density at radius 3 is 2.25 bits per heavy atom. The molecule has 2 atom stereocenters. The number of rotatable bonds is 3. The van der Waals surface area contributed by atoms with Gasteiger partial charge in [-0.15, -0.1) is 0 Å². The summed E-state index contributed by atoms with van der Waals surface area (Å²) in [5, 5.41) is 0. The van der Waals surface area contributed by atoms with Crippen LogP contribution in [0.15, 0.2) is 53.4 Å². The smallest absolute Gasteiger partial charge is 0.264 e. The van der Waals surface area contributed by atoms with Gasteiger partial charge in [-0.1, -0.05) is 25.1 Å². The highest BCUT2D eigenvalue weighted by Crippen LogP contribution is 2.37. The lowest BCUT2D eigenvalue weighted by Gasteiger charge is -2.25. The number of hydrogen-bond donors (Lipinski definition) is 0. The van der Waals surface area contributed by atoms with Crippen molar-refractivity contribution < 1.29 is 21.6 Å². The summed E-state index contributed by atoms with van der Waals surface area (Å²) in [6, 6.07) is 12.6. The van der Waals surface area contributed by atoms with Crippen LogP contribution >= 0.6 is 0 Å². The van der Waals surface area contributed by atoms with E-state index in [1.54, 1.807) is 19.1 Å². The van der Waals surface area contributed by atoms with E-state index in [-0.39, 0.29) is 22.4 Å². The number of fused-ring (bicyclic) bond motifs is 1. The molecule has 1 amide bonds. The van der Waals surface area contributed by atoms with Crippen LogP contribution in [0, 0.1) is 5.92 Å². The van der Waals surface area contributed by atoms with E-state index in [4.69, 9.17) is 0 Å². The number of anilines is 2. The molecule has 0 aliphatic carbocycles. The molecule has 0 saturated carbocycles. The lowest BCUT2D eigenvalue weighted by molar-refractivity contribution is -0.119. The van der Waals surface area contributed by atoms with Crippen LogP contribution in [0.1, 0.15) is 19.4 Å². The second kappa shape index (κ2) is 6.31. The lowest BCUT2D eigenvalue weighted by Crippen LogP contribution is -2.35. The van der Waals surface area contributed by atoms with Crippen LogP contribution in [0.2, 0.25) is 0 Å². The van der Waals surface area contributed by atoms with Crippen LogP contribution in [-0.4, -0.2) is 34.5 Å². The molecular weight excluding hydrogens is 400 g/mol. The van der Waals surface area contributed by atoms with Gasteiger partial charge in [-0.3, -0.25) is 9.10 Å². The van der Waals surface area contributed by atoms with Crippen LogP contribution < -0.4 is 8.61 Å². The molecule has 1 fully saturated rings. The fourth-order valence-corrected chi connectivity index (χ4v) is 7.37. The Balaban J connectivity index is 1.71. The van der Waals surface area contributed by atoms with Crippen molar-refractivity contribution in [3.05, 3.63) is 54.1 Å². The Morgan fingerprint density at radius 1 is 1.00 bits per heavy atom. The molecule has 28 heavy (non-hydrogen) atoms. The molecule has 1 saturated heterocycles. The van der Waals surface area contributed by atoms with Crippen LogP contribution in [-0.2, 0) is 31.3 Å². The van der Waals surface area contributed by atoms with Gasteiger partial charge in [0.05, 0.1) is 27.9 Å². The summed E-state index contributed by atoms with van der Waals surface area (Å²) in [6.07, 6.45) is 0.631. The van der Waals surface area contributed by atoms with Crippen molar-refractivity contribution in [1.82, 2.24) is 0 Å². The van der Waals surface area contributed by atoms with Gasteiger partial charge >= 0.3 is 0 Å². The Kier molecular flexibility index (Phi) is 4.27. The molecule has 2 aliphatic heterocycles. The van der Waals surface area contributed by atoms with Gasteiger partial charge in [0.25, 0.3) is 10.0 Å². The number of hydrogen-bond acceptors (Lipinski definition) is 5. The predicted molar refractivity (Wildman–Crippen MR) is 106 cm³/mol. The van der Waals surface area contributed by atoms with Crippen molar-refractivity contribution in [1.29, 1.82) is 0 Å². The monoisotopic (exact) mass is 420 g/mol. The van der Waals surface area contributed by atoms with Gasteiger partial charge in [-0.05, 0) is 49.2 Å². The molecule has 0 aromatic heterocycles. The number of para-hydroxylation sites is 1. The van der Waals surface area contributed by atoms with Gasteiger partial charge in [-0.2, -0.15) is 0 Å². The SMILES string of the molecule is CC1CS(=O)(=O)N(c2ccc(S(=O)(=O)N3c4ccccc4CC3C)cc2)C1=O. The first-order chi connectivity index (χ1) is 13.1. The van der Waals surface area contributed by atoms with Crippen LogP contribution in [0.5, 0.6) is 0 Å². The lowest BCUT2D eigenvalue weighted by atomic mass is 10.1. The number of carbonyl (C=O) groups is 1. The van der Waals surface area contributed by atoms with E-state index < -0.39 is 31.9 Å². The van der Waals surface area contributed by atoms with Crippen molar-refractivity contribution >= 4 is 37.3 Å². The summed E-state index contributed by atoms with van der Waals surface area (Å²) < 4.78 is 53.1. The molecule has 0 N–H and O–H groups in total. The van der Waals surface area contributed by atoms with Crippen LogP contribution in [0.3, 0.4) is 0 Å². The molecule has 2 heterocycles. The first kappa shape index (κ1) is 18.9. The zero-order chi connectivity index (χ0) is 20.3. The number of sulfonamides is 2. The summed E-state index contributed by atoms with van der Waals surface area (Å²) >= 11 is 0. The third-order valence-electron chi connectivity index (χ3n) is 5.13. The molecule has 148 valence electrons. The highest BCUT2D eigenvalue weighted by atomic mass is 32.2. The average molecular weight is 421 g/mol. The van der Waals surface area contributed by atoms with Gasteiger partial charge in [0, 0.05) is 6.04 Å². The van der Waals surface area contributed by atoms with E-state index in [0.717, 1.165) is 9.87 Å². The first-order valence-corrected chi connectivity index (χ1v) is 12.0. The maximum Gasteiger partial charge on any atom is 0.264 e. The Morgan fingerprint density at radius 2 is 1.64 bits per heavy atom. The quantitative estimate of drug-likeness (QED) is 0.759. The van der Waals surface area contributed by atoms with E-state index in [1.807, 2.05) is 19.1 Å². The van der Waals surface area contributed by atoms with E-state index >= 15 is 0 Å². The third-order valence-corrected chi connectivity index (χ3v) is 8.94. The van der Waals surface area contributed by atoms with Gasteiger partial charge in [0.15, 0.2) is 0 Å². The minimum atomic E-state index is -3.81. The van der Waals surface area contributed by atoms with E-state index in [0.29, 0.717) is 12.1 Å². The predicted octanol–water partition coefficient (Wildman–Crippen LogP) is 2.14. The van der Waals surface area contributed by atoms with Gasteiger partial charge < -0.3 is 0 Å². The number of nitrogens with zero attached hydrogens (tertiary/aromatic N) is 2. The first-order valence-electron chi connectivity index (χ1n) is 8.92. The van der Waals surface area contributed by atoms with Crippen LogP contribution in [0.4, 0.5) is 11.4 Å². The van der Waals surface area contributed by atoms with E-state index in [9.17, 15) is 21.6 Å². The Labute approximate surface area is 164 Å². The van der Waals surface area contributed by atoms with Crippen molar-refractivity contribution in [2.75, 3.05) is 14.4 Å². The second-order valence-corrected chi connectivity index (χ2v) is 10.9. The second-order valence-electron chi connectivity index (χ2n) is 7.26. The number of carbonyl (C=O) groups excluding carboxylic acids is 1. The highest BCUT2D eigenvalue weighted by molar-refractivity contribution is 7.94. The van der Waals surface area contributed by atoms with Crippen molar-refractivity contribution in [3.8, 4) is 0 Å². The summed E-state index contributed by atoms with van der Waals surface area (Å²) in [5.74, 6) is -1.36. The summed E-state index contributed by atoms with van der Waals surface area (Å²) in [5.41, 5.74) is 1.78. The van der Waals surface area contributed by atoms with Gasteiger partial charge in [-0.25, -0.2) is 21.1 Å². The summed E-state index contributed by atoms with van der Waals surface area (Å²) in [6.45, 7) is 3.41. The average Bonchev–Trinajstić information content (AvgIpc) is 3.07. The molecule has 2 aromatic rings. The molecule has 0 spiro atoms. The molecule has 4 rings (SSSR count). The van der Waals surface area contributed by atoms with Gasteiger partial charge in [0.1, 0.15) is 0 Å². The van der Waals surface area contributed by atoms with Crippen molar-refractivity contribution in [2.45, 2.75) is 31.2 Å². The maximum absolute atomic E-state index is 13.2. The standard InChI is InChI=1S/C19H20N2O5S2/c1-13-12-27(23,24)21(19(13)22)16-7-9-17(10-8-16)28(25,26)20-14(2)11-15-5-3-4-6-18(15)20/h3-10,13-14H,11-12H2,1-2H3. The summed E-state index contributed by atoms with van der Waals surface area (Å²) in [7, 11) is -7.54. The normalized spacial score (nSPS) is 23.9. The van der Waals surface area contributed by atoms with Crippen LogP contribution in [0.25, 0.3) is 0 Å². The zero-order valence-corrected chi connectivity index (χ0v) is 17.1. The zero-order valence-electron chi connectivity index (χ0n) is 15.4. The molecule has 9 heteroatoms. The minimum Gasteiger partial charge on any atom is -0.273 e. The fourth-order valence-electron chi connectivity index (χ4n) is 3.86. The fraction of sp³-hybridized carbons (Fsp3) is 0.316. The number of benzene rings is 2. The highest BCUT2D eigenvalue weighted by Gasteiger charge is 2.42. The number of amides is 1. The van der Waals surface area contributed by atoms with Crippen molar-refractivity contribution in [2.24, 2.45) is 5.92 Å². The molecular formula is C19H20N2O5S2. The topological polar surface area (TPSA) is 91.8 Å². The minimum absolute atomic E-state index is 0.0527. The maximum atomic E-state index is 13.2. The van der Waals surface area contributed by atoms with Crippen molar-refractivity contribution in [3.63, 3.8) is 0 Å². The molecule has 7 nitrogen and oxygen atoms in total. The van der Waals surface area contributed by atoms with Gasteiger partial charge in [0.2, 0.25) is 15.9 Å². The Bertz CT molecular complexity index is 1160. The molecule has 0 bridgehead atoms. The molecule has 2 aliphatic rings. The molecule has 0 radical (unpaired) electrons. The molecule has 2 unspecified atom stereocenters. The molecule has 2 aromatic carbocycles. The summed E-state index contributed by atoms with van der Waals surface area (Å²) in [4.78, 5) is 12.3. The van der Waals surface area contributed by atoms with E-state index in [2.05, 4.69) is 0 Å². The third kappa shape index (κ3) is 2.80.